The summed E-state index contributed by atoms with van der Waals surface area (Å²) in [4.78, 5) is 20.6. The van der Waals surface area contributed by atoms with Gasteiger partial charge in [0.25, 0.3) is 0 Å². The van der Waals surface area contributed by atoms with Gasteiger partial charge >= 0.3 is 0 Å². The Morgan fingerprint density at radius 3 is 1.35 bits per heavy atom. The molecule has 8 aromatic rings. The molecule has 0 bridgehead atoms. The van der Waals surface area contributed by atoms with E-state index in [9.17, 15) is 0 Å². The molecule has 0 N–H and O–H groups in total. The quantitative estimate of drug-likeness (QED) is 0.176. The first-order valence-electron chi connectivity index (χ1n) is 17.3. The largest absolute Gasteiger partial charge is 0.208 e. The van der Waals surface area contributed by atoms with E-state index < -0.39 is 10.0 Å². The normalized spacial score (nSPS) is 13.3. The number of benzene rings is 7. The highest BCUT2D eigenvalue weighted by Crippen LogP contribution is 2.80. The molecule has 0 amide bonds. The lowest BCUT2D eigenvalue weighted by atomic mass is 9.96. The van der Waals surface area contributed by atoms with Crippen LogP contribution in [0, 0.1) is 13.8 Å². The zero-order valence-corrected chi connectivity index (χ0v) is 29.3. The van der Waals surface area contributed by atoms with E-state index >= 15 is 0 Å². The zero-order chi connectivity index (χ0) is 34.4. The third-order valence-corrected chi connectivity index (χ3v) is 13.7. The predicted molar refractivity (Wildman–Crippen MR) is 210 cm³/mol. The highest BCUT2D eigenvalue weighted by molar-refractivity contribution is 8.34. The highest BCUT2D eigenvalue weighted by Gasteiger charge is 2.42. The van der Waals surface area contributed by atoms with Gasteiger partial charge in [-0.05, 0) is 72.5 Å². The minimum Gasteiger partial charge on any atom is -0.208 e. The second kappa shape index (κ2) is 12.7. The molecule has 244 valence electrons. The number of rotatable bonds is 6. The van der Waals surface area contributed by atoms with E-state index in [0.717, 1.165) is 27.8 Å². The average molecular weight is 674 g/mol. The maximum Gasteiger partial charge on any atom is 0.164 e. The fourth-order valence-electron chi connectivity index (χ4n) is 7.23. The maximum absolute atomic E-state index is 5.11. The van der Waals surface area contributed by atoms with Gasteiger partial charge in [0.15, 0.2) is 17.5 Å². The molecule has 0 fully saturated rings. The van der Waals surface area contributed by atoms with Gasteiger partial charge in [-0.15, -0.1) is 10.0 Å². The molecule has 0 atom stereocenters. The van der Waals surface area contributed by atoms with Crippen molar-refractivity contribution in [3.63, 3.8) is 0 Å². The van der Waals surface area contributed by atoms with Gasteiger partial charge in [0.1, 0.15) is 0 Å². The van der Waals surface area contributed by atoms with E-state index in [4.69, 9.17) is 15.0 Å². The van der Waals surface area contributed by atoms with Crippen LogP contribution in [0.15, 0.2) is 196 Å². The molecule has 0 spiro atoms. The van der Waals surface area contributed by atoms with Crippen molar-refractivity contribution in [3.8, 4) is 56.4 Å². The van der Waals surface area contributed by atoms with Crippen molar-refractivity contribution in [3.05, 3.63) is 187 Å². The van der Waals surface area contributed by atoms with Crippen LogP contribution in [0.25, 0.3) is 56.4 Å². The molecule has 0 unspecified atom stereocenters. The number of aromatic nitrogens is 3. The van der Waals surface area contributed by atoms with Crippen LogP contribution < -0.4 is 0 Å². The summed E-state index contributed by atoms with van der Waals surface area (Å²) in [5.41, 5.74) is 10.2. The maximum atomic E-state index is 5.11. The third kappa shape index (κ3) is 5.27. The number of hydrogen-bond donors (Lipinski definition) is 0. The van der Waals surface area contributed by atoms with Crippen molar-refractivity contribution >= 4 is 10.0 Å². The Labute approximate surface area is 300 Å². The lowest BCUT2D eigenvalue weighted by Crippen LogP contribution is -2.03. The molecule has 51 heavy (non-hydrogen) atoms. The number of aryl methyl sites for hydroxylation is 2. The lowest BCUT2D eigenvalue weighted by Gasteiger charge is -2.39. The van der Waals surface area contributed by atoms with Gasteiger partial charge in [0, 0.05) is 36.3 Å². The summed E-state index contributed by atoms with van der Waals surface area (Å²) in [6.07, 6.45) is 0. The van der Waals surface area contributed by atoms with Gasteiger partial charge in [-0.2, -0.15) is 0 Å². The van der Waals surface area contributed by atoms with Crippen LogP contribution >= 0.6 is 10.0 Å². The Kier molecular flexibility index (Phi) is 7.67. The molecule has 0 saturated carbocycles. The van der Waals surface area contributed by atoms with Crippen molar-refractivity contribution in [2.75, 3.05) is 0 Å². The molecule has 0 aliphatic carbocycles. The predicted octanol–water partition coefficient (Wildman–Crippen LogP) is 12.5. The minimum absolute atomic E-state index is 0.651. The van der Waals surface area contributed by atoms with Crippen molar-refractivity contribution in [1.29, 1.82) is 0 Å². The van der Waals surface area contributed by atoms with Crippen molar-refractivity contribution in [2.45, 2.75) is 33.4 Å². The van der Waals surface area contributed by atoms with Crippen LogP contribution in [-0.4, -0.2) is 15.0 Å². The molecule has 2 heterocycles. The van der Waals surface area contributed by atoms with E-state index in [2.05, 4.69) is 153 Å². The second-order valence-electron chi connectivity index (χ2n) is 13.0. The summed E-state index contributed by atoms with van der Waals surface area (Å²) in [6, 6.07) is 63.3. The van der Waals surface area contributed by atoms with Crippen molar-refractivity contribution in [1.82, 2.24) is 15.0 Å². The molecule has 0 saturated heterocycles. The Bertz CT molecular complexity index is 2420. The van der Waals surface area contributed by atoms with Gasteiger partial charge in [-0.1, -0.05) is 151 Å². The van der Waals surface area contributed by atoms with Crippen molar-refractivity contribution in [2.24, 2.45) is 0 Å². The number of hydrogen-bond acceptors (Lipinski definition) is 3. The van der Waals surface area contributed by atoms with Crippen LogP contribution in [0.5, 0.6) is 0 Å². The first kappa shape index (κ1) is 30.9. The van der Waals surface area contributed by atoms with E-state index in [0.29, 0.717) is 17.5 Å². The summed E-state index contributed by atoms with van der Waals surface area (Å²) in [5, 5.41) is 0. The van der Waals surface area contributed by atoms with Crippen LogP contribution in [0.3, 0.4) is 0 Å². The summed E-state index contributed by atoms with van der Waals surface area (Å²) in [6.45, 7) is 4.33. The molecule has 3 nitrogen and oxygen atoms in total. The monoisotopic (exact) mass is 673 g/mol. The first-order valence-corrected chi connectivity index (χ1v) is 18.9. The lowest BCUT2D eigenvalue weighted by molar-refractivity contribution is 1.07. The average Bonchev–Trinajstić information content (AvgIpc) is 3.49. The summed E-state index contributed by atoms with van der Waals surface area (Å²) in [7, 11) is -1.81. The van der Waals surface area contributed by atoms with Gasteiger partial charge in [0.2, 0.25) is 0 Å². The van der Waals surface area contributed by atoms with Crippen LogP contribution in [0.1, 0.15) is 11.1 Å². The molecule has 4 heteroatoms. The van der Waals surface area contributed by atoms with Gasteiger partial charge < -0.3 is 0 Å². The van der Waals surface area contributed by atoms with Gasteiger partial charge in [0.05, 0.1) is 0 Å². The van der Waals surface area contributed by atoms with E-state index in [1.165, 1.54) is 41.8 Å². The molecule has 7 aromatic carbocycles. The second-order valence-corrected chi connectivity index (χ2v) is 16.1. The van der Waals surface area contributed by atoms with Crippen LogP contribution in [0.4, 0.5) is 0 Å². The Morgan fingerprint density at radius 1 is 0.333 bits per heavy atom. The third-order valence-electron chi connectivity index (χ3n) is 9.75. The molecule has 1 aliphatic rings. The fourth-order valence-corrected chi connectivity index (χ4v) is 11.4. The van der Waals surface area contributed by atoms with E-state index in [1.807, 2.05) is 36.4 Å². The Morgan fingerprint density at radius 2 is 0.784 bits per heavy atom. The fraction of sp³-hybridized carbons (Fsp3) is 0.0426. The number of nitrogens with zero attached hydrogens (tertiary/aromatic N) is 3. The number of fused-ring (bicyclic) bond motifs is 3. The van der Waals surface area contributed by atoms with Gasteiger partial charge in [-0.25, -0.2) is 15.0 Å². The van der Waals surface area contributed by atoms with Crippen LogP contribution in [0.2, 0.25) is 0 Å². The Balaban J connectivity index is 1.28. The molecule has 9 rings (SSSR count). The Hall–Kier alpha value is -6.10. The topological polar surface area (TPSA) is 38.7 Å². The molecular formula is C47H35N3S. The molecule has 1 aliphatic heterocycles. The molecule has 1 aromatic heterocycles. The van der Waals surface area contributed by atoms with Crippen LogP contribution in [-0.2, 0) is 0 Å². The van der Waals surface area contributed by atoms with E-state index in [1.54, 1.807) is 0 Å². The smallest absolute Gasteiger partial charge is 0.164 e. The standard InChI is InChI=1S/C47H35N3S/c1-32-21-26-37(27-22-32)51(38-28-23-33(2)24-29-38)43-20-12-11-18-40(43)41-30-25-36(31-44(41)51)39-17-9-10-19-42(39)47-49-45(34-13-5-3-6-14-34)48-46(50-47)35-15-7-4-8-16-35/h3-31H,1-2H3. The first-order chi connectivity index (χ1) is 25.1. The summed E-state index contributed by atoms with van der Waals surface area (Å²) >= 11 is 0. The molecule has 0 radical (unpaired) electrons. The highest BCUT2D eigenvalue weighted by atomic mass is 32.3. The molecular weight excluding hydrogens is 639 g/mol. The van der Waals surface area contributed by atoms with Crippen molar-refractivity contribution < 1.29 is 0 Å². The van der Waals surface area contributed by atoms with Gasteiger partial charge in [-0.3, -0.25) is 0 Å². The SMILES string of the molecule is Cc1ccc(S2(c3ccc(C)cc3)c3ccccc3-c3ccc(-c4ccccc4-c4nc(-c5ccccc5)nc(-c5ccccc5)n4)cc32)cc1. The summed E-state index contributed by atoms with van der Waals surface area (Å²) in [5.74, 6) is 1.96. The zero-order valence-electron chi connectivity index (χ0n) is 28.5. The minimum atomic E-state index is -1.81. The summed E-state index contributed by atoms with van der Waals surface area (Å²) < 4.78 is 0. The van der Waals surface area contributed by atoms with E-state index in [-0.39, 0.29) is 0 Å².